The summed E-state index contributed by atoms with van der Waals surface area (Å²) in [5.41, 5.74) is 0.944. The highest BCUT2D eigenvalue weighted by atomic mass is 32.1. The second kappa shape index (κ2) is 9.05. The van der Waals surface area contributed by atoms with E-state index >= 15 is 0 Å². The summed E-state index contributed by atoms with van der Waals surface area (Å²) in [6.45, 7) is 9.44. The number of ether oxygens (including phenoxy) is 2. The molecule has 6 heteroatoms. The summed E-state index contributed by atoms with van der Waals surface area (Å²) in [5, 5.41) is 7.05. The Morgan fingerprint density at radius 2 is 2.13 bits per heavy atom. The van der Waals surface area contributed by atoms with E-state index in [2.05, 4.69) is 24.5 Å². The van der Waals surface area contributed by atoms with Crippen molar-refractivity contribution in [3.8, 4) is 5.75 Å². The Morgan fingerprint density at radius 1 is 1.39 bits per heavy atom. The average molecular weight is 338 g/mol. The van der Waals surface area contributed by atoms with Crippen molar-refractivity contribution in [1.29, 1.82) is 0 Å². The molecule has 128 valence electrons. The van der Waals surface area contributed by atoms with Crippen LogP contribution >= 0.6 is 12.2 Å². The lowest BCUT2D eigenvalue weighted by Crippen LogP contribution is -3.15. The van der Waals surface area contributed by atoms with Crippen molar-refractivity contribution >= 4 is 23.0 Å². The predicted molar refractivity (Wildman–Crippen MR) is 97.4 cm³/mol. The maximum absolute atomic E-state index is 5.83. The zero-order valence-electron chi connectivity index (χ0n) is 14.2. The van der Waals surface area contributed by atoms with Crippen LogP contribution < -0.4 is 20.3 Å². The molecule has 1 aliphatic rings. The third-order valence-corrected chi connectivity index (χ3v) is 4.11. The normalized spacial score (nSPS) is 21.0. The molecule has 5 nitrogen and oxygen atoms in total. The molecule has 1 aliphatic heterocycles. The van der Waals surface area contributed by atoms with Gasteiger partial charge in [0.25, 0.3) is 0 Å². The number of hydrogen-bond donors (Lipinski definition) is 3. The molecule has 1 heterocycles. The summed E-state index contributed by atoms with van der Waals surface area (Å²) in [6.07, 6.45) is 0.216. The van der Waals surface area contributed by atoms with Crippen LogP contribution in [-0.4, -0.2) is 51.1 Å². The number of quaternary nitrogens is 1. The first kappa shape index (κ1) is 18.0. The molecule has 0 bridgehead atoms. The van der Waals surface area contributed by atoms with Crippen LogP contribution in [-0.2, 0) is 4.74 Å². The Morgan fingerprint density at radius 3 is 2.78 bits per heavy atom. The van der Waals surface area contributed by atoms with E-state index in [9.17, 15) is 0 Å². The lowest BCUT2D eigenvalue weighted by atomic mass is 10.2. The number of benzene rings is 1. The van der Waals surface area contributed by atoms with Gasteiger partial charge in [-0.3, -0.25) is 0 Å². The minimum absolute atomic E-state index is 0.216. The van der Waals surface area contributed by atoms with Crippen molar-refractivity contribution in [2.75, 3.05) is 45.2 Å². The maximum atomic E-state index is 5.83. The fourth-order valence-corrected chi connectivity index (χ4v) is 3.00. The number of rotatable bonds is 6. The Balaban J connectivity index is 1.72. The SMILES string of the molecule is COc1ccc(NC(=S)NC[C@H]2C[NH+](CC(C)C)CCO2)cc1. The van der Waals surface area contributed by atoms with Gasteiger partial charge in [-0.25, -0.2) is 0 Å². The van der Waals surface area contributed by atoms with Crippen molar-refractivity contribution in [2.24, 2.45) is 5.92 Å². The number of anilines is 1. The number of hydrogen-bond acceptors (Lipinski definition) is 3. The molecule has 1 saturated heterocycles. The smallest absolute Gasteiger partial charge is 0.170 e. The second-order valence-electron chi connectivity index (χ2n) is 6.36. The Labute approximate surface area is 144 Å². The number of morpholine rings is 1. The van der Waals surface area contributed by atoms with E-state index in [0.29, 0.717) is 5.11 Å². The summed E-state index contributed by atoms with van der Waals surface area (Å²) in [6, 6.07) is 7.70. The van der Waals surface area contributed by atoms with E-state index in [1.807, 2.05) is 24.3 Å². The molecular weight excluding hydrogens is 310 g/mol. The van der Waals surface area contributed by atoms with Crippen molar-refractivity contribution < 1.29 is 14.4 Å². The molecule has 2 rings (SSSR count). The molecule has 0 spiro atoms. The lowest BCUT2D eigenvalue weighted by Gasteiger charge is -2.31. The molecule has 23 heavy (non-hydrogen) atoms. The fraction of sp³-hybridized carbons (Fsp3) is 0.588. The van der Waals surface area contributed by atoms with Gasteiger partial charge in [0, 0.05) is 18.2 Å². The van der Waals surface area contributed by atoms with Crippen molar-refractivity contribution in [3.05, 3.63) is 24.3 Å². The summed E-state index contributed by atoms with van der Waals surface area (Å²) < 4.78 is 11.0. The molecule has 0 radical (unpaired) electrons. The summed E-state index contributed by atoms with van der Waals surface area (Å²) >= 11 is 5.35. The van der Waals surface area contributed by atoms with Crippen LogP contribution in [0.15, 0.2) is 24.3 Å². The highest BCUT2D eigenvalue weighted by molar-refractivity contribution is 7.80. The van der Waals surface area contributed by atoms with E-state index in [0.717, 1.165) is 43.6 Å². The molecule has 2 atom stereocenters. The molecule has 1 fully saturated rings. The van der Waals surface area contributed by atoms with Gasteiger partial charge in [-0.1, -0.05) is 13.8 Å². The standard InChI is InChI=1S/C17H27N3O2S/c1-13(2)11-20-8-9-22-16(12-20)10-18-17(23)19-14-4-6-15(21-3)7-5-14/h4-7,13,16H,8-12H2,1-3H3,(H2,18,19,23)/p+1/t16-/m0/s1. The van der Waals surface area contributed by atoms with Gasteiger partial charge < -0.3 is 25.0 Å². The van der Waals surface area contributed by atoms with Crippen LogP contribution in [0.25, 0.3) is 0 Å². The van der Waals surface area contributed by atoms with Gasteiger partial charge in [0.1, 0.15) is 24.9 Å². The number of thiocarbonyl (C=S) groups is 1. The van der Waals surface area contributed by atoms with Gasteiger partial charge in [0.05, 0.1) is 20.3 Å². The van der Waals surface area contributed by atoms with Crippen LogP contribution in [0.1, 0.15) is 13.8 Å². The third-order valence-electron chi connectivity index (χ3n) is 3.86. The minimum Gasteiger partial charge on any atom is -0.497 e. The first-order valence-corrected chi connectivity index (χ1v) is 8.61. The first-order chi connectivity index (χ1) is 11.1. The Kier molecular flexibility index (Phi) is 7.08. The zero-order chi connectivity index (χ0) is 16.7. The molecule has 0 aromatic heterocycles. The maximum Gasteiger partial charge on any atom is 0.170 e. The van der Waals surface area contributed by atoms with Crippen LogP contribution in [0.5, 0.6) is 5.75 Å². The minimum atomic E-state index is 0.216. The van der Waals surface area contributed by atoms with E-state index in [-0.39, 0.29) is 6.10 Å². The van der Waals surface area contributed by atoms with Crippen molar-refractivity contribution in [3.63, 3.8) is 0 Å². The molecule has 0 saturated carbocycles. The molecular formula is C17H28N3O2S+. The average Bonchev–Trinajstić information content (AvgIpc) is 2.53. The van der Waals surface area contributed by atoms with E-state index < -0.39 is 0 Å². The van der Waals surface area contributed by atoms with Gasteiger partial charge in [0.2, 0.25) is 0 Å². The number of methoxy groups -OCH3 is 1. The lowest BCUT2D eigenvalue weighted by molar-refractivity contribution is -0.914. The Hall–Kier alpha value is -1.37. The molecule has 3 N–H and O–H groups in total. The zero-order valence-corrected chi connectivity index (χ0v) is 15.0. The molecule has 1 unspecified atom stereocenters. The second-order valence-corrected chi connectivity index (χ2v) is 6.77. The number of nitrogens with one attached hydrogen (secondary N) is 3. The topological polar surface area (TPSA) is 47.0 Å². The van der Waals surface area contributed by atoms with Gasteiger partial charge in [0.15, 0.2) is 5.11 Å². The molecule has 1 aromatic carbocycles. The molecule has 1 aromatic rings. The van der Waals surface area contributed by atoms with Crippen LogP contribution in [0.4, 0.5) is 5.69 Å². The fourth-order valence-electron chi connectivity index (χ4n) is 2.80. The summed E-state index contributed by atoms with van der Waals surface area (Å²) in [5.74, 6) is 1.55. The quantitative estimate of drug-likeness (QED) is 0.674. The monoisotopic (exact) mass is 338 g/mol. The third kappa shape index (κ3) is 6.33. The van der Waals surface area contributed by atoms with Crippen LogP contribution in [0, 0.1) is 5.92 Å². The van der Waals surface area contributed by atoms with Crippen LogP contribution in [0.3, 0.4) is 0 Å². The first-order valence-electron chi connectivity index (χ1n) is 8.21. The molecule has 0 amide bonds. The highest BCUT2D eigenvalue weighted by Gasteiger charge is 2.24. The Bertz CT molecular complexity index is 493. The van der Waals surface area contributed by atoms with Crippen LogP contribution in [0.2, 0.25) is 0 Å². The van der Waals surface area contributed by atoms with E-state index in [4.69, 9.17) is 21.7 Å². The summed E-state index contributed by atoms with van der Waals surface area (Å²) in [7, 11) is 1.66. The van der Waals surface area contributed by atoms with Gasteiger partial charge in [-0.05, 0) is 36.5 Å². The van der Waals surface area contributed by atoms with Gasteiger partial charge in [-0.2, -0.15) is 0 Å². The molecule has 0 aliphatic carbocycles. The highest BCUT2D eigenvalue weighted by Crippen LogP contribution is 2.14. The van der Waals surface area contributed by atoms with E-state index in [1.165, 1.54) is 6.54 Å². The summed E-state index contributed by atoms with van der Waals surface area (Å²) in [4.78, 5) is 1.62. The largest absolute Gasteiger partial charge is 0.497 e. The predicted octanol–water partition coefficient (Wildman–Crippen LogP) is 0.921. The van der Waals surface area contributed by atoms with Gasteiger partial charge >= 0.3 is 0 Å². The van der Waals surface area contributed by atoms with Gasteiger partial charge in [-0.15, -0.1) is 0 Å². The van der Waals surface area contributed by atoms with E-state index in [1.54, 1.807) is 12.0 Å². The van der Waals surface area contributed by atoms with Crippen molar-refractivity contribution in [2.45, 2.75) is 20.0 Å². The van der Waals surface area contributed by atoms with Crippen molar-refractivity contribution in [1.82, 2.24) is 5.32 Å².